The zero-order valence-corrected chi connectivity index (χ0v) is 14.0. The first-order valence-corrected chi connectivity index (χ1v) is 7.91. The predicted octanol–water partition coefficient (Wildman–Crippen LogP) is 0.245. The first-order chi connectivity index (χ1) is 10.5. The van der Waals surface area contributed by atoms with Crippen LogP contribution in [0.1, 0.15) is 12.6 Å². The van der Waals surface area contributed by atoms with Crippen LogP contribution in [0.5, 0.6) is 0 Å². The van der Waals surface area contributed by atoms with Crippen molar-refractivity contribution >= 4 is 48.7 Å². The minimum absolute atomic E-state index is 0.00846. The molecule has 1 aliphatic rings. The maximum atomic E-state index is 12.1. The number of anilines is 1. The number of nitrogens with two attached hydrogens (primary N) is 1. The quantitative estimate of drug-likeness (QED) is 0.512. The SMILES string of the molecule is Nc1nc2c(ncn2[C@H]2C[C@@H](O)C(COP=O)O2)c(=O)n1I. The molecule has 3 atom stereocenters. The molecule has 22 heavy (non-hydrogen) atoms. The largest absolute Gasteiger partial charge is 0.390 e. The fraction of sp³-hybridized carbons (Fsp3) is 0.500. The topological polar surface area (TPSA) is 134 Å². The van der Waals surface area contributed by atoms with Crippen molar-refractivity contribution in [2.24, 2.45) is 0 Å². The van der Waals surface area contributed by atoms with Gasteiger partial charge in [-0.25, -0.2) is 12.3 Å². The molecule has 10 nitrogen and oxygen atoms in total. The van der Waals surface area contributed by atoms with Crippen LogP contribution in [0.4, 0.5) is 5.95 Å². The molecule has 1 unspecified atom stereocenters. The monoisotopic (exact) mass is 439 g/mol. The third-order valence-corrected chi connectivity index (χ3v) is 4.56. The van der Waals surface area contributed by atoms with Gasteiger partial charge in [0.25, 0.3) is 5.56 Å². The zero-order valence-electron chi connectivity index (χ0n) is 11.0. The lowest BCUT2D eigenvalue weighted by Gasteiger charge is -2.14. The van der Waals surface area contributed by atoms with Gasteiger partial charge in [-0.05, 0) is 0 Å². The smallest absolute Gasteiger partial charge is 0.327 e. The highest BCUT2D eigenvalue weighted by Gasteiger charge is 2.36. The van der Waals surface area contributed by atoms with Gasteiger partial charge in [-0.15, -0.1) is 0 Å². The summed E-state index contributed by atoms with van der Waals surface area (Å²) in [5.41, 5.74) is 5.78. The van der Waals surface area contributed by atoms with Crippen molar-refractivity contribution in [3.05, 3.63) is 16.7 Å². The highest BCUT2D eigenvalue weighted by Crippen LogP contribution is 2.31. The molecule has 3 heterocycles. The summed E-state index contributed by atoms with van der Waals surface area (Å²) in [5.74, 6) is 0.0448. The molecule has 0 bridgehead atoms. The number of hydrogen-bond donors (Lipinski definition) is 2. The van der Waals surface area contributed by atoms with Crippen molar-refractivity contribution in [1.29, 1.82) is 0 Å². The minimum atomic E-state index is -0.786. The molecule has 0 saturated carbocycles. The van der Waals surface area contributed by atoms with E-state index in [0.29, 0.717) is 0 Å². The lowest BCUT2D eigenvalue weighted by atomic mass is 10.2. The van der Waals surface area contributed by atoms with Gasteiger partial charge in [0.1, 0.15) is 12.3 Å². The predicted molar refractivity (Wildman–Crippen MR) is 83.7 cm³/mol. The van der Waals surface area contributed by atoms with Gasteiger partial charge in [-0.2, -0.15) is 4.98 Å². The summed E-state index contributed by atoms with van der Waals surface area (Å²) in [7, 11) is -0.476. The molecule has 0 aliphatic carbocycles. The fourth-order valence-electron chi connectivity index (χ4n) is 2.32. The first kappa shape index (κ1) is 15.7. The van der Waals surface area contributed by atoms with Crippen LogP contribution in [-0.2, 0) is 13.8 Å². The number of halogens is 1. The molecule has 2 aromatic rings. The second-order valence-corrected chi connectivity index (χ2v) is 6.05. The maximum absolute atomic E-state index is 12.1. The molecule has 1 fully saturated rings. The third-order valence-electron chi connectivity index (χ3n) is 3.38. The first-order valence-electron chi connectivity index (χ1n) is 6.22. The van der Waals surface area contributed by atoms with Crippen LogP contribution in [0.15, 0.2) is 11.1 Å². The van der Waals surface area contributed by atoms with Crippen LogP contribution < -0.4 is 11.3 Å². The Morgan fingerprint density at radius 3 is 3.14 bits per heavy atom. The van der Waals surface area contributed by atoms with Gasteiger partial charge in [0.2, 0.25) is 5.95 Å². The Bertz CT molecular complexity index is 779. The van der Waals surface area contributed by atoms with E-state index in [0.717, 1.165) is 0 Å². The highest BCUT2D eigenvalue weighted by molar-refractivity contribution is 14.1. The highest BCUT2D eigenvalue weighted by atomic mass is 127. The molecule has 12 heteroatoms. The summed E-state index contributed by atoms with van der Waals surface area (Å²) in [4.78, 5) is 20.2. The van der Waals surface area contributed by atoms with E-state index in [4.69, 9.17) is 15.0 Å². The van der Waals surface area contributed by atoms with Crippen LogP contribution in [0, 0.1) is 0 Å². The van der Waals surface area contributed by atoms with Crippen molar-refractivity contribution in [1.82, 2.24) is 17.3 Å². The Kier molecular flexibility index (Phi) is 4.41. The average Bonchev–Trinajstić information content (AvgIpc) is 3.06. The molecule has 3 N–H and O–H groups in total. The van der Waals surface area contributed by atoms with E-state index >= 15 is 0 Å². The number of fused-ring (bicyclic) bond motifs is 1. The number of aliphatic hydroxyl groups excluding tert-OH is 1. The fourth-order valence-corrected chi connectivity index (χ4v) is 2.86. The summed E-state index contributed by atoms with van der Waals surface area (Å²) >= 11 is 1.75. The van der Waals surface area contributed by atoms with Crippen LogP contribution >= 0.6 is 31.6 Å². The molecule has 0 spiro atoms. The summed E-state index contributed by atoms with van der Waals surface area (Å²) in [6.45, 7) is -0.00846. The van der Waals surface area contributed by atoms with Crippen molar-refractivity contribution < 1.29 is 18.9 Å². The number of rotatable bonds is 4. The van der Waals surface area contributed by atoms with Crippen LogP contribution in [0.3, 0.4) is 0 Å². The Morgan fingerprint density at radius 1 is 1.64 bits per heavy atom. The molecule has 2 aromatic heterocycles. The number of ether oxygens (including phenoxy) is 1. The van der Waals surface area contributed by atoms with Crippen LogP contribution in [0.2, 0.25) is 0 Å². The lowest BCUT2D eigenvalue weighted by Crippen LogP contribution is -2.25. The number of aliphatic hydroxyl groups is 1. The number of imidazole rings is 1. The van der Waals surface area contributed by atoms with Gasteiger partial charge in [0, 0.05) is 6.42 Å². The van der Waals surface area contributed by atoms with E-state index in [1.165, 1.54) is 9.11 Å². The Balaban J connectivity index is 1.95. The van der Waals surface area contributed by atoms with E-state index in [2.05, 4.69) is 9.97 Å². The maximum Gasteiger partial charge on any atom is 0.327 e. The molecular formula is C10H11IN5O5P. The standard InChI is InChI=1S/C10H11IN5O5P/c11-16-9(18)7-8(14-10(16)12)15(3-13-7)6-1-4(17)5(21-6)2-20-22-19/h3-6,17H,1-2H2,(H2,12,14)/t4-,5?,6-/m1/s1. The zero-order chi connectivity index (χ0) is 15.9. The number of hydrogen-bond acceptors (Lipinski definition) is 8. The van der Waals surface area contributed by atoms with Gasteiger partial charge in [0.15, 0.2) is 11.2 Å². The third kappa shape index (κ3) is 2.63. The molecule has 0 amide bonds. The van der Waals surface area contributed by atoms with Gasteiger partial charge in [0.05, 0.1) is 41.9 Å². The Labute approximate surface area is 139 Å². The molecule has 118 valence electrons. The van der Waals surface area contributed by atoms with Crippen molar-refractivity contribution in [2.45, 2.75) is 24.9 Å². The molecule has 0 aromatic carbocycles. The van der Waals surface area contributed by atoms with E-state index in [9.17, 15) is 14.5 Å². The summed E-state index contributed by atoms with van der Waals surface area (Å²) in [6, 6.07) is 0. The van der Waals surface area contributed by atoms with E-state index in [-0.39, 0.29) is 35.7 Å². The lowest BCUT2D eigenvalue weighted by molar-refractivity contribution is -0.0362. The van der Waals surface area contributed by atoms with Crippen LogP contribution in [-0.4, -0.2) is 41.2 Å². The van der Waals surface area contributed by atoms with Crippen molar-refractivity contribution in [3.63, 3.8) is 0 Å². The molecule has 1 saturated heterocycles. The van der Waals surface area contributed by atoms with Crippen LogP contribution in [0.25, 0.3) is 11.2 Å². The second kappa shape index (κ2) is 6.16. The number of nitrogen functional groups attached to an aromatic ring is 1. The molecule has 1 aliphatic heterocycles. The summed E-state index contributed by atoms with van der Waals surface area (Å²) < 4.78 is 23.4. The molecule has 3 rings (SSSR count). The Morgan fingerprint density at radius 2 is 2.41 bits per heavy atom. The molecule has 0 radical (unpaired) electrons. The van der Waals surface area contributed by atoms with E-state index in [1.54, 1.807) is 27.4 Å². The normalized spacial score (nSPS) is 25.3. The average molecular weight is 439 g/mol. The van der Waals surface area contributed by atoms with E-state index in [1.807, 2.05) is 0 Å². The number of nitrogens with zero attached hydrogens (tertiary/aromatic N) is 4. The molecular weight excluding hydrogens is 428 g/mol. The van der Waals surface area contributed by atoms with Gasteiger partial charge >= 0.3 is 8.69 Å². The second-order valence-electron chi connectivity index (χ2n) is 4.68. The van der Waals surface area contributed by atoms with Crippen molar-refractivity contribution in [2.75, 3.05) is 12.3 Å². The Hall–Kier alpha value is -1.14. The summed E-state index contributed by atoms with van der Waals surface area (Å²) in [5, 5.41) is 9.95. The van der Waals surface area contributed by atoms with E-state index < -0.39 is 27.1 Å². The van der Waals surface area contributed by atoms with Crippen molar-refractivity contribution in [3.8, 4) is 0 Å². The van der Waals surface area contributed by atoms with Gasteiger partial charge < -0.3 is 15.6 Å². The summed E-state index contributed by atoms with van der Waals surface area (Å²) in [6.07, 6.45) is -0.280. The van der Waals surface area contributed by atoms with Gasteiger partial charge in [-0.3, -0.25) is 13.9 Å². The van der Waals surface area contributed by atoms with Gasteiger partial charge in [-0.1, -0.05) is 0 Å². The number of aromatic nitrogens is 4. The minimum Gasteiger partial charge on any atom is -0.390 e.